The Morgan fingerprint density at radius 2 is 1.95 bits per heavy atom. The number of carbonyl (C=O) groups excluding carboxylic acids is 1. The monoisotopic (exact) mass is 257 g/mol. The maximum Gasteiger partial charge on any atom is 0.327 e. The first kappa shape index (κ1) is 13.6. The van der Waals surface area contributed by atoms with Crippen LogP contribution in [0.2, 0.25) is 0 Å². The van der Waals surface area contributed by atoms with Gasteiger partial charge in [0.05, 0.1) is 6.07 Å². The molecule has 0 N–H and O–H groups in total. The van der Waals surface area contributed by atoms with Gasteiger partial charge in [0, 0.05) is 5.92 Å². The van der Waals surface area contributed by atoms with E-state index >= 15 is 0 Å². The molecule has 2 atom stereocenters. The standard InChI is InChI=1S/C16H19NO2/c1-11-5-7-12(8-6-11)13-9-16(13,10-17)14(18)19-15(2,3)4/h5-8,13H,9H2,1-4H3. The molecule has 1 aromatic carbocycles. The fourth-order valence-corrected chi connectivity index (χ4v) is 2.23. The van der Waals surface area contributed by atoms with E-state index in [2.05, 4.69) is 6.07 Å². The number of ether oxygens (including phenoxy) is 1. The van der Waals surface area contributed by atoms with Gasteiger partial charge >= 0.3 is 5.97 Å². The lowest BCUT2D eigenvalue weighted by Crippen LogP contribution is -2.29. The second-order valence-electron chi connectivity index (χ2n) is 6.25. The summed E-state index contributed by atoms with van der Waals surface area (Å²) in [4.78, 5) is 12.2. The van der Waals surface area contributed by atoms with Crippen molar-refractivity contribution in [3.05, 3.63) is 35.4 Å². The number of nitrogens with zero attached hydrogens (tertiary/aromatic N) is 1. The highest BCUT2D eigenvalue weighted by Crippen LogP contribution is 2.60. The number of hydrogen-bond acceptors (Lipinski definition) is 3. The molecule has 1 aromatic rings. The maximum atomic E-state index is 12.2. The van der Waals surface area contributed by atoms with E-state index < -0.39 is 17.0 Å². The summed E-state index contributed by atoms with van der Waals surface area (Å²) in [5.74, 6) is -0.430. The average Bonchev–Trinajstić information content (AvgIpc) is 3.04. The molecule has 0 aliphatic heterocycles. The molecule has 1 saturated carbocycles. The fraction of sp³-hybridized carbons (Fsp3) is 0.500. The summed E-state index contributed by atoms with van der Waals surface area (Å²) in [5, 5.41) is 9.36. The van der Waals surface area contributed by atoms with Gasteiger partial charge in [-0.3, -0.25) is 4.79 Å². The molecular weight excluding hydrogens is 238 g/mol. The minimum Gasteiger partial charge on any atom is -0.459 e. The first-order valence-electron chi connectivity index (χ1n) is 6.50. The molecule has 0 spiro atoms. The van der Waals surface area contributed by atoms with Gasteiger partial charge < -0.3 is 4.74 Å². The number of nitriles is 1. The van der Waals surface area contributed by atoms with Gasteiger partial charge in [0.2, 0.25) is 0 Å². The molecule has 1 aliphatic carbocycles. The van der Waals surface area contributed by atoms with E-state index in [1.54, 1.807) is 0 Å². The zero-order chi connectivity index (χ0) is 14.3. The maximum absolute atomic E-state index is 12.2. The van der Waals surface area contributed by atoms with Gasteiger partial charge in [-0.05, 0) is 39.7 Å². The Kier molecular flexibility index (Phi) is 3.14. The zero-order valence-corrected chi connectivity index (χ0v) is 11.9. The van der Waals surface area contributed by atoms with Crippen LogP contribution in [-0.2, 0) is 9.53 Å². The number of esters is 1. The van der Waals surface area contributed by atoms with Crippen molar-refractivity contribution in [2.45, 2.75) is 45.6 Å². The van der Waals surface area contributed by atoms with Crippen molar-refractivity contribution < 1.29 is 9.53 Å². The van der Waals surface area contributed by atoms with Crippen LogP contribution in [0.4, 0.5) is 0 Å². The Labute approximate surface area is 114 Å². The van der Waals surface area contributed by atoms with Crippen molar-refractivity contribution in [3.63, 3.8) is 0 Å². The van der Waals surface area contributed by atoms with E-state index in [1.807, 2.05) is 52.0 Å². The molecule has 2 unspecified atom stereocenters. The Bertz CT molecular complexity index is 533. The predicted octanol–water partition coefficient (Wildman–Crippen LogP) is 3.33. The van der Waals surface area contributed by atoms with Crippen LogP contribution >= 0.6 is 0 Å². The van der Waals surface area contributed by atoms with Crippen LogP contribution in [0, 0.1) is 23.7 Å². The van der Waals surface area contributed by atoms with Crippen molar-refractivity contribution in [2.75, 3.05) is 0 Å². The summed E-state index contributed by atoms with van der Waals surface area (Å²) >= 11 is 0. The minimum atomic E-state index is -0.984. The van der Waals surface area contributed by atoms with Gasteiger partial charge in [0.1, 0.15) is 5.60 Å². The van der Waals surface area contributed by atoms with Crippen LogP contribution in [0.25, 0.3) is 0 Å². The molecular formula is C16H19NO2. The van der Waals surface area contributed by atoms with Crippen molar-refractivity contribution in [1.82, 2.24) is 0 Å². The number of carbonyl (C=O) groups is 1. The first-order chi connectivity index (χ1) is 8.78. The second-order valence-corrected chi connectivity index (χ2v) is 6.25. The number of aryl methyl sites for hydroxylation is 1. The largest absolute Gasteiger partial charge is 0.459 e. The second kappa shape index (κ2) is 4.38. The van der Waals surface area contributed by atoms with Crippen molar-refractivity contribution in [3.8, 4) is 6.07 Å². The van der Waals surface area contributed by atoms with E-state index in [-0.39, 0.29) is 5.92 Å². The van der Waals surface area contributed by atoms with Gasteiger partial charge in [-0.15, -0.1) is 0 Å². The van der Waals surface area contributed by atoms with E-state index in [0.29, 0.717) is 6.42 Å². The van der Waals surface area contributed by atoms with Crippen LogP contribution in [-0.4, -0.2) is 11.6 Å². The van der Waals surface area contributed by atoms with E-state index in [4.69, 9.17) is 4.74 Å². The molecule has 0 amide bonds. The summed E-state index contributed by atoms with van der Waals surface area (Å²) < 4.78 is 5.37. The third kappa shape index (κ3) is 2.63. The minimum absolute atomic E-state index is 0.0343. The third-order valence-corrected chi connectivity index (χ3v) is 3.40. The van der Waals surface area contributed by atoms with Gasteiger partial charge in [-0.2, -0.15) is 5.26 Å². The van der Waals surface area contributed by atoms with Crippen molar-refractivity contribution >= 4 is 5.97 Å². The molecule has 1 aliphatic rings. The van der Waals surface area contributed by atoms with Crippen LogP contribution < -0.4 is 0 Å². The lowest BCUT2D eigenvalue weighted by atomic mass is 9.99. The molecule has 3 heteroatoms. The zero-order valence-electron chi connectivity index (χ0n) is 11.9. The molecule has 0 saturated heterocycles. The first-order valence-corrected chi connectivity index (χ1v) is 6.50. The molecule has 0 radical (unpaired) electrons. The molecule has 0 aromatic heterocycles. The van der Waals surface area contributed by atoms with E-state index in [0.717, 1.165) is 5.56 Å². The molecule has 19 heavy (non-hydrogen) atoms. The highest BCUT2D eigenvalue weighted by Gasteiger charge is 2.63. The molecule has 2 rings (SSSR count). The van der Waals surface area contributed by atoms with Gasteiger partial charge in [0.15, 0.2) is 5.41 Å². The molecule has 0 bridgehead atoms. The molecule has 100 valence electrons. The topological polar surface area (TPSA) is 50.1 Å². The summed E-state index contributed by atoms with van der Waals surface area (Å²) in [6, 6.07) is 10.2. The lowest BCUT2D eigenvalue weighted by molar-refractivity contribution is -0.159. The van der Waals surface area contributed by atoms with Crippen LogP contribution in [0.1, 0.15) is 44.2 Å². The highest BCUT2D eigenvalue weighted by atomic mass is 16.6. The summed E-state index contributed by atoms with van der Waals surface area (Å²) in [6.45, 7) is 7.47. The van der Waals surface area contributed by atoms with Crippen LogP contribution in [0.15, 0.2) is 24.3 Å². The molecule has 0 heterocycles. The Balaban J connectivity index is 2.18. The third-order valence-electron chi connectivity index (χ3n) is 3.40. The van der Waals surface area contributed by atoms with Crippen molar-refractivity contribution in [2.24, 2.45) is 5.41 Å². The Hall–Kier alpha value is -1.82. The molecule has 3 nitrogen and oxygen atoms in total. The van der Waals surface area contributed by atoms with E-state index in [9.17, 15) is 10.1 Å². The SMILES string of the molecule is Cc1ccc(C2CC2(C#N)C(=O)OC(C)(C)C)cc1. The van der Waals surface area contributed by atoms with Crippen molar-refractivity contribution in [1.29, 1.82) is 5.26 Å². The smallest absolute Gasteiger partial charge is 0.327 e. The normalized spacial score (nSPS) is 25.5. The Morgan fingerprint density at radius 1 is 1.37 bits per heavy atom. The predicted molar refractivity (Wildman–Crippen MR) is 72.4 cm³/mol. The van der Waals surface area contributed by atoms with Gasteiger partial charge in [-0.25, -0.2) is 0 Å². The number of benzene rings is 1. The number of rotatable bonds is 2. The fourth-order valence-electron chi connectivity index (χ4n) is 2.23. The summed E-state index contributed by atoms with van der Waals surface area (Å²) in [6.07, 6.45) is 0.557. The lowest BCUT2D eigenvalue weighted by Gasteiger charge is -2.21. The summed E-state index contributed by atoms with van der Waals surface area (Å²) in [5.41, 5.74) is 0.673. The van der Waals surface area contributed by atoms with E-state index in [1.165, 1.54) is 5.56 Å². The number of hydrogen-bond donors (Lipinski definition) is 0. The van der Waals surface area contributed by atoms with Crippen LogP contribution in [0.5, 0.6) is 0 Å². The molecule has 1 fully saturated rings. The average molecular weight is 257 g/mol. The van der Waals surface area contributed by atoms with Crippen LogP contribution in [0.3, 0.4) is 0 Å². The van der Waals surface area contributed by atoms with Gasteiger partial charge in [-0.1, -0.05) is 29.8 Å². The highest BCUT2D eigenvalue weighted by molar-refractivity contribution is 5.86. The quantitative estimate of drug-likeness (QED) is 0.763. The summed E-state index contributed by atoms with van der Waals surface area (Å²) in [7, 11) is 0. The Morgan fingerprint density at radius 3 is 2.42 bits per heavy atom. The van der Waals surface area contributed by atoms with Gasteiger partial charge in [0.25, 0.3) is 0 Å².